The molecular weight excluding hydrogens is 278 g/mol. The van der Waals surface area contributed by atoms with Crippen molar-refractivity contribution in [3.63, 3.8) is 0 Å². The van der Waals surface area contributed by atoms with Crippen LogP contribution < -0.4 is 10.6 Å². The molecule has 0 aliphatic heterocycles. The molecule has 104 valence electrons. The van der Waals surface area contributed by atoms with E-state index in [4.69, 9.17) is 11.6 Å². The minimum Gasteiger partial charge on any atom is -0.388 e. The number of nitrogens with zero attached hydrogens (tertiary/aromatic N) is 1. The summed E-state index contributed by atoms with van der Waals surface area (Å²) in [5.74, 6) is 0. The predicted molar refractivity (Wildman–Crippen MR) is 81.4 cm³/mol. The van der Waals surface area contributed by atoms with Crippen LogP contribution in [-0.2, 0) is 6.54 Å². The average Bonchev–Trinajstić information content (AvgIpc) is 2.45. The van der Waals surface area contributed by atoms with Gasteiger partial charge in [0.05, 0.1) is 4.92 Å². The molecule has 0 spiro atoms. The average molecular weight is 292 g/mol. The van der Waals surface area contributed by atoms with E-state index in [0.29, 0.717) is 22.9 Å². The lowest BCUT2D eigenvalue weighted by Crippen LogP contribution is -2.01. The molecule has 0 unspecified atom stereocenters. The van der Waals surface area contributed by atoms with E-state index in [2.05, 4.69) is 10.6 Å². The summed E-state index contributed by atoms with van der Waals surface area (Å²) in [6, 6.07) is 12.3. The SMILES string of the molecule is CNc1cc(NCc2cccc(Cl)c2)cc([N+](=O)[O-])c1. The second-order valence-electron chi connectivity index (χ2n) is 4.26. The van der Waals surface area contributed by atoms with Crippen LogP contribution in [0.2, 0.25) is 5.02 Å². The van der Waals surface area contributed by atoms with E-state index in [0.717, 1.165) is 5.56 Å². The maximum Gasteiger partial charge on any atom is 0.273 e. The molecule has 2 aromatic rings. The van der Waals surface area contributed by atoms with Gasteiger partial charge in [-0.25, -0.2) is 0 Å². The fourth-order valence-electron chi connectivity index (χ4n) is 1.81. The Hall–Kier alpha value is -2.27. The molecule has 6 heteroatoms. The number of benzene rings is 2. The Morgan fingerprint density at radius 1 is 1.20 bits per heavy atom. The van der Waals surface area contributed by atoms with Crippen LogP contribution in [0, 0.1) is 10.1 Å². The summed E-state index contributed by atoms with van der Waals surface area (Å²) >= 11 is 5.91. The van der Waals surface area contributed by atoms with E-state index in [1.165, 1.54) is 12.1 Å². The van der Waals surface area contributed by atoms with Gasteiger partial charge in [-0.3, -0.25) is 10.1 Å². The van der Waals surface area contributed by atoms with Gasteiger partial charge in [0.15, 0.2) is 0 Å². The molecule has 0 aliphatic rings. The van der Waals surface area contributed by atoms with Gasteiger partial charge in [0.1, 0.15) is 0 Å². The fraction of sp³-hybridized carbons (Fsp3) is 0.143. The number of hydrogen-bond acceptors (Lipinski definition) is 4. The normalized spacial score (nSPS) is 10.1. The molecule has 0 aliphatic carbocycles. The highest BCUT2D eigenvalue weighted by molar-refractivity contribution is 6.30. The molecule has 0 radical (unpaired) electrons. The van der Waals surface area contributed by atoms with E-state index in [1.807, 2.05) is 24.3 Å². The van der Waals surface area contributed by atoms with Crippen LogP contribution in [0.5, 0.6) is 0 Å². The Labute approximate surface area is 121 Å². The van der Waals surface area contributed by atoms with Gasteiger partial charge in [-0.15, -0.1) is 0 Å². The van der Waals surface area contributed by atoms with Gasteiger partial charge >= 0.3 is 0 Å². The van der Waals surface area contributed by atoms with Crippen LogP contribution in [0.3, 0.4) is 0 Å². The topological polar surface area (TPSA) is 67.2 Å². The Kier molecular flexibility index (Phi) is 4.42. The molecular formula is C14H14ClN3O2. The predicted octanol–water partition coefficient (Wildman–Crippen LogP) is 3.90. The van der Waals surface area contributed by atoms with Gasteiger partial charge < -0.3 is 10.6 Å². The number of nitro benzene ring substituents is 1. The van der Waals surface area contributed by atoms with Crippen LogP contribution in [0.25, 0.3) is 0 Å². The lowest BCUT2D eigenvalue weighted by molar-refractivity contribution is -0.384. The molecule has 0 fully saturated rings. The Balaban J connectivity index is 2.16. The first-order valence-corrected chi connectivity index (χ1v) is 6.42. The monoisotopic (exact) mass is 291 g/mol. The first kappa shape index (κ1) is 14.1. The molecule has 0 saturated heterocycles. The zero-order valence-corrected chi connectivity index (χ0v) is 11.6. The molecule has 0 atom stereocenters. The highest BCUT2D eigenvalue weighted by Gasteiger charge is 2.09. The van der Waals surface area contributed by atoms with Gasteiger partial charge in [-0.1, -0.05) is 23.7 Å². The fourth-order valence-corrected chi connectivity index (χ4v) is 2.03. The standard InChI is InChI=1S/C14H14ClN3O2/c1-16-12-6-13(8-14(7-12)18(19)20)17-9-10-3-2-4-11(15)5-10/h2-8,16-17H,9H2,1H3. The molecule has 0 bridgehead atoms. The molecule has 0 aromatic heterocycles. The molecule has 0 amide bonds. The smallest absolute Gasteiger partial charge is 0.273 e. The first-order chi connectivity index (χ1) is 9.58. The molecule has 2 aromatic carbocycles. The number of anilines is 2. The summed E-state index contributed by atoms with van der Waals surface area (Å²) in [5.41, 5.74) is 2.43. The Morgan fingerprint density at radius 2 is 1.95 bits per heavy atom. The highest BCUT2D eigenvalue weighted by Crippen LogP contribution is 2.24. The summed E-state index contributed by atoms with van der Waals surface area (Å²) in [6.45, 7) is 0.547. The van der Waals surface area contributed by atoms with Crippen LogP contribution in [-0.4, -0.2) is 12.0 Å². The summed E-state index contributed by atoms with van der Waals surface area (Å²) in [6.07, 6.45) is 0. The van der Waals surface area contributed by atoms with E-state index < -0.39 is 4.92 Å². The lowest BCUT2D eigenvalue weighted by atomic mass is 10.2. The van der Waals surface area contributed by atoms with Crippen molar-refractivity contribution in [2.75, 3.05) is 17.7 Å². The van der Waals surface area contributed by atoms with Gasteiger partial charge in [0.25, 0.3) is 5.69 Å². The van der Waals surface area contributed by atoms with Crippen molar-refractivity contribution >= 4 is 28.7 Å². The van der Waals surface area contributed by atoms with Crippen LogP contribution in [0.1, 0.15) is 5.56 Å². The largest absolute Gasteiger partial charge is 0.388 e. The zero-order chi connectivity index (χ0) is 14.5. The van der Waals surface area contributed by atoms with Gasteiger partial charge in [0, 0.05) is 42.1 Å². The summed E-state index contributed by atoms with van der Waals surface area (Å²) in [7, 11) is 1.72. The maximum absolute atomic E-state index is 10.9. The molecule has 2 N–H and O–H groups in total. The first-order valence-electron chi connectivity index (χ1n) is 6.04. The number of rotatable bonds is 5. The van der Waals surface area contributed by atoms with E-state index in [9.17, 15) is 10.1 Å². The van der Waals surface area contributed by atoms with Crippen LogP contribution >= 0.6 is 11.6 Å². The van der Waals surface area contributed by atoms with E-state index >= 15 is 0 Å². The van der Waals surface area contributed by atoms with Crippen molar-refractivity contribution in [1.29, 1.82) is 0 Å². The van der Waals surface area contributed by atoms with Crippen molar-refractivity contribution in [2.24, 2.45) is 0 Å². The minimum absolute atomic E-state index is 0.0467. The third-order valence-electron chi connectivity index (χ3n) is 2.80. The zero-order valence-electron chi connectivity index (χ0n) is 10.9. The maximum atomic E-state index is 10.9. The molecule has 20 heavy (non-hydrogen) atoms. The molecule has 5 nitrogen and oxygen atoms in total. The quantitative estimate of drug-likeness (QED) is 0.647. The number of non-ortho nitro benzene ring substituents is 1. The van der Waals surface area contributed by atoms with Gasteiger partial charge in [0.2, 0.25) is 0 Å². The number of halogens is 1. The van der Waals surface area contributed by atoms with Gasteiger partial charge in [-0.05, 0) is 23.8 Å². The van der Waals surface area contributed by atoms with Crippen LogP contribution in [0.15, 0.2) is 42.5 Å². The number of nitrogens with one attached hydrogen (secondary N) is 2. The number of nitro groups is 1. The molecule has 0 heterocycles. The van der Waals surface area contributed by atoms with Crippen molar-refractivity contribution in [3.05, 3.63) is 63.2 Å². The van der Waals surface area contributed by atoms with Crippen LogP contribution in [0.4, 0.5) is 17.1 Å². The summed E-state index contributed by atoms with van der Waals surface area (Å²) in [5, 5.41) is 17.6. The van der Waals surface area contributed by atoms with Crippen molar-refractivity contribution < 1.29 is 4.92 Å². The highest BCUT2D eigenvalue weighted by atomic mass is 35.5. The second kappa shape index (κ2) is 6.25. The van der Waals surface area contributed by atoms with E-state index in [-0.39, 0.29) is 5.69 Å². The van der Waals surface area contributed by atoms with Crippen molar-refractivity contribution in [1.82, 2.24) is 0 Å². The van der Waals surface area contributed by atoms with Crippen molar-refractivity contribution in [2.45, 2.75) is 6.54 Å². The lowest BCUT2D eigenvalue weighted by Gasteiger charge is -2.09. The second-order valence-corrected chi connectivity index (χ2v) is 4.70. The minimum atomic E-state index is -0.411. The molecule has 2 rings (SSSR count). The van der Waals surface area contributed by atoms with Gasteiger partial charge in [-0.2, -0.15) is 0 Å². The number of hydrogen-bond donors (Lipinski definition) is 2. The summed E-state index contributed by atoms with van der Waals surface area (Å²) in [4.78, 5) is 10.5. The third-order valence-corrected chi connectivity index (χ3v) is 3.04. The Morgan fingerprint density at radius 3 is 2.60 bits per heavy atom. The Bertz CT molecular complexity index is 632. The third kappa shape index (κ3) is 3.61. The van der Waals surface area contributed by atoms with E-state index in [1.54, 1.807) is 13.1 Å². The summed E-state index contributed by atoms with van der Waals surface area (Å²) < 4.78 is 0. The van der Waals surface area contributed by atoms with Crippen molar-refractivity contribution in [3.8, 4) is 0 Å². The molecule has 0 saturated carbocycles.